The second-order valence-corrected chi connectivity index (χ2v) is 15.5. The maximum Gasteiger partial charge on any atom is 0.0970 e. The molecule has 3 atom stereocenters. The van der Waals surface area contributed by atoms with Crippen molar-refractivity contribution >= 4 is 61.4 Å². The van der Waals surface area contributed by atoms with Crippen LogP contribution in [0.25, 0.3) is 61.4 Å². The van der Waals surface area contributed by atoms with Crippen LogP contribution in [0.2, 0.25) is 0 Å². The second-order valence-electron chi connectivity index (χ2n) is 15.5. The monoisotopic (exact) mass is 665 g/mol. The molecule has 0 bridgehead atoms. The van der Waals surface area contributed by atoms with Gasteiger partial charge in [0.1, 0.15) is 0 Å². The molecule has 3 heteroatoms. The molecule has 2 heterocycles. The highest BCUT2D eigenvalue weighted by Crippen LogP contribution is 2.63. The minimum atomic E-state index is -0.0544. The van der Waals surface area contributed by atoms with Crippen LogP contribution in [-0.2, 0) is 12.8 Å². The van der Waals surface area contributed by atoms with Gasteiger partial charge in [0.15, 0.2) is 0 Å². The minimum absolute atomic E-state index is 0.0155. The number of allylic oxidation sites excluding steroid dienone is 8. The molecule has 0 spiro atoms. The molecule has 0 saturated carbocycles. The molecular formula is C49H35N3. The van der Waals surface area contributed by atoms with E-state index in [1.165, 1.54) is 88.4 Å². The number of nitrogens with zero attached hydrogens (tertiary/aromatic N) is 3. The summed E-state index contributed by atoms with van der Waals surface area (Å²) in [5, 5.41) is 8.93. The molecule has 6 aromatic rings. The van der Waals surface area contributed by atoms with Gasteiger partial charge in [-0.3, -0.25) is 9.98 Å². The number of benzene rings is 5. The van der Waals surface area contributed by atoms with Crippen molar-refractivity contribution in [2.75, 3.05) is 0 Å². The molecule has 2 unspecified atom stereocenters. The normalized spacial score (nSPS) is 22.6. The summed E-state index contributed by atoms with van der Waals surface area (Å²) < 4.78 is 2.60. The average molecular weight is 666 g/mol. The lowest BCUT2D eigenvalue weighted by Crippen LogP contribution is -2.41. The highest BCUT2D eigenvalue weighted by molar-refractivity contribution is 6.20. The first kappa shape index (κ1) is 27.9. The molecule has 6 aliphatic carbocycles. The van der Waals surface area contributed by atoms with Crippen LogP contribution < -0.4 is 10.7 Å². The number of rotatable bonds is 1. The number of hydrogen-bond acceptors (Lipinski definition) is 2. The average Bonchev–Trinajstić information content (AvgIpc) is 3.86. The fourth-order valence-electron chi connectivity index (χ4n) is 11.1. The molecule has 1 aromatic heterocycles. The van der Waals surface area contributed by atoms with E-state index in [-0.39, 0.29) is 12.1 Å². The maximum absolute atomic E-state index is 5.59. The van der Waals surface area contributed by atoms with E-state index in [2.05, 4.69) is 126 Å². The van der Waals surface area contributed by atoms with Crippen molar-refractivity contribution in [1.82, 2.24) is 4.57 Å². The van der Waals surface area contributed by atoms with Gasteiger partial charge in [0.05, 0.1) is 28.3 Å². The molecule has 246 valence electrons. The molecule has 0 N–H and O–H groups in total. The van der Waals surface area contributed by atoms with Crippen molar-refractivity contribution in [3.63, 3.8) is 0 Å². The molecule has 1 aliphatic heterocycles. The van der Waals surface area contributed by atoms with Crippen molar-refractivity contribution < 1.29 is 0 Å². The molecule has 0 radical (unpaired) electrons. The van der Waals surface area contributed by atoms with Crippen LogP contribution in [0.4, 0.5) is 0 Å². The van der Waals surface area contributed by atoms with Crippen LogP contribution in [0, 0.1) is 0 Å². The van der Waals surface area contributed by atoms with Crippen molar-refractivity contribution in [3.8, 4) is 0 Å². The number of aryl methyl sites for hydroxylation is 2. The lowest BCUT2D eigenvalue weighted by molar-refractivity contribution is 0.646. The van der Waals surface area contributed by atoms with Gasteiger partial charge >= 0.3 is 0 Å². The zero-order valence-corrected chi connectivity index (χ0v) is 28.9. The standard InChI is InChI=1S/C49H35N3/c1-4-15-32-30(14-1)31-21-11-22-38-42(31)43(32)44-33-16-5-8-19-36(33)49-46(45(38)44)37-20-9-10-23-41(37)52(49)27-24-25-39-40(26-27)51-48-35-18-7-3-13-29(35)28-12-2-6-17-34(28)47(48)50-39/h1-2,4-8,10,12,14-19,21,23-26,39-40,43H,3,9,11,13,20,22H2/t39?,40?,43-/m0/s1. The number of hydrogen-bond donors (Lipinski definition) is 0. The lowest BCUT2D eigenvalue weighted by atomic mass is 9.85. The zero-order chi connectivity index (χ0) is 33.7. The summed E-state index contributed by atoms with van der Waals surface area (Å²) in [6.07, 6.45) is 25.5. The Balaban J connectivity index is 1.09. The predicted octanol–water partition coefficient (Wildman–Crippen LogP) is 10.1. The Hall–Kier alpha value is -5.80. The van der Waals surface area contributed by atoms with Gasteiger partial charge in [0, 0.05) is 39.0 Å². The number of aromatic nitrogens is 1. The Morgan fingerprint density at radius 3 is 2.35 bits per heavy atom. The number of fused-ring (bicyclic) bond motifs is 20. The fraction of sp³-hybridized carbons (Fsp3) is 0.184. The zero-order valence-electron chi connectivity index (χ0n) is 28.9. The van der Waals surface area contributed by atoms with E-state index in [4.69, 9.17) is 9.98 Å². The van der Waals surface area contributed by atoms with E-state index in [1.54, 1.807) is 11.1 Å². The Morgan fingerprint density at radius 2 is 1.42 bits per heavy atom. The van der Waals surface area contributed by atoms with Crippen LogP contribution in [0.3, 0.4) is 0 Å². The van der Waals surface area contributed by atoms with Crippen molar-refractivity contribution in [1.29, 1.82) is 0 Å². The molecule has 0 amide bonds. The van der Waals surface area contributed by atoms with Gasteiger partial charge in [-0.05, 0) is 118 Å². The predicted molar refractivity (Wildman–Crippen MR) is 214 cm³/mol. The maximum atomic E-state index is 5.59. The molecule has 0 fully saturated rings. The summed E-state index contributed by atoms with van der Waals surface area (Å²) in [7, 11) is 0. The summed E-state index contributed by atoms with van der Waals surface area (Å²) >= 11 is 0. The lowest BCUT2D eigenvalue weighted by Gasteiger charge is -2.26. The highest BCUT2D eigenvalue weighted by atomic mass is 15.0. The van der Waals surface area contributed by atoms with Gasteiger partial charge in [0.2, 0.25) is 0 Å². The van der Waals surface area contributed by atoms with Gasteiger partial charge < -0.3 is 4.57 Å². The van der Waals surface area contributed by atoms with Crippen LogP contribution in [0.1, 0.15) is 76.2 Å². The molecule has 13 rings (SSSR count). The molecule has 5 aromatic carbocycles. The molecule has 52 heavy (non-hydrogen) atoms. The minimum Gasteiger partial charge on any atom is -0.309 e. The van der Waals surface area contributed by atoms with E-state index in [9.17, 15) is 0 Å². The van der Waals surface area contributed by atoms with Gasteiger partial charge in [-0.15, -0.1) is 0 Å². The second kappa shape index (κ2) is 9.95. The Bertz CT molecular complexity index is 3030. The third kappa shape index (κ3) is 3.38. The topological polar surface area (TPSA) is 29.6 Å². The Labute approximate surface area is 301 Å². The summed E-state index contributed by atoms with van der Waals surface area (Å²) in [5.74, 6) is 0.313. The smallest absolute Gasteiger partial charge is 0.0970 e. The van der Waals surface area contributed by atoms with E-state index >= 15 is 0 Å². The van der Waals surface area contributed by atoms with Crippen LogP contribution in [0.15, 0.2) is 125 Å². The SMILES string of the molecule is C1=Cc2c(c3ccccc3c3c2=NC2C=C(n4c5c(c6c7c(c8ccccc8c64)[C@@H]4C6=C7CCC=C6c6ccccc64)CCC=C5)C=CC2N=3)CC1. The summed E-state index contributed by atoms with van der Waals surface area (Å²) in [5.41, 5.74) is 18.8. The summed E-state index contributed by atoms with van der Waals surface area (Å²) in [4.78, 5) is 11.0. The third-order valence-electron chi connectivity index (χ3n) is 13.1. The van der Waals surface area contributed by atoms with E-state index in [0.29, 0.717) is 5.92 Å². The summed E-state index contributed by atoms with van der Waals surface area (Å²) in [6, 6.07) is 27.2. The highest BCUT2D eigenvalue weighted by Gasteiger charge is 2.45. The molecule has 3 nitrogen and oxygen atoms in total. The van der Waals surface area contributed by atoms with Crippen molar-refractivity contribution in [2.45, 2.75) is 56.5 Å². The van der Waals surface area contributed by atoms with Crippen LogP contribution in [-0.4, -0.2) is 16.7 Å². The van der Waals surface area contributed by atoms with E-state index < -0.39 is 0 Å². The fourth-order valence-corrected chi connectivity index (χ4v) is 11.1. The van der Waals surface area contributed by atoms with E-state index in [0.717, 1.165) is 49.2 Å². The third-order valence-corrected chi connectivity index (χ3v) is 13.1. The summed E-state index contributed by atoms with van der Waals surface area (Å²) in [6.45, 7) is 0. The molecule has 0 saturated heterocycles. The van der Waals surface area contributed by atoms with Crippen LogP contribution in [0.5, 0.6) is 0 Å². The first-order valence-electron chi connectivity index (χ1n) is 19.2. The van der Waals surface area contributed by atoms with Gasteiger partial charge in [-0.1, -0.05) is 103 Å². The Morgan fingerprint density at radius 1 is 0.654 bits per heavy atom. The van der Waals surface area contributed by atoms with E-state index in [1.807, 2.05) is 0 Å². The first-order chi connectivity index (χ1) is 25.8. The van der Waals surface area contributed by atoms with Crippen molar-refractivity contribution in [2.24, 2.45) is 9.98 Å². The first-order valence-corrected chi connectivity index (χ1v) is 19.2. The van der Waals surface area contributed by atoms with Crippen LogP contribution >= 0.6 is 0 Å². The molecular weight excluding hydrogens is 631 g/mol. The van der Waals surface area contributed by atoms with Crippen molar-refractivity contribution in [3.05, 3.63) is 170 Å². The molecule has 7 aliphatic rings. The van der Waals surface area contributed by atoms with Gasteiger partial charge in [-0.25, -0.2) is 0 Å². The van der Waals surface area contributed by atoms with Gasteiger partial charge in [-0.2, -0.15) is 0 Å². The Kier molecular flexibility index (Phi) is 5.33. The van der Waals surface area contributed by atoms with Gasteiger partial charge in [0.25, 0.3) is 0 Å². The largest absolute Gasteiger partial charge is 0.309 e. The quantitative estimate of drug-likeness (QED) is 0.167.